The number of para-hydroxylation sites is 2. The maximum atomic E-state index is 5.25. The fourth-order valence-electron chi connectivity index (χ4n) is 8.27. The van der Waals surface area contributed by atoms with Gasteiger partial charge in [0.25, 0.3) is 0 Å². The molecule has 1 aliphatic heterocycles. The van der Waals surface area contributed by atoms with Gasteiger partial charge in [-0.3, -0.25) is 4.57 Å². The van der Waals surface area contributed by atoms with Crippen LogP contribution in [0.5, 0.6) is 0 Å². The lowest BCUT2D eigenvalue weighted by molar-refractivity contribution is 0.762. The lowest BCUT2D eigenvalue weighted by Gasteiger charge is -2.26. The molecule has 3 aromatic heterocycles. The Balaban J connectivity index is 1.23. The number of benzene rings is 7. The van der Waals surface area contributed by atoms with Crippen LogP contribution in [0.1, 0.15) is 17.2 Å². The van der Waals surface area contributed by atoms with Crippen molar-refractivity contribution in [1.82, 2.24) is 29.4 Å². The molecule has 1 atom stereocenters. The van der Waals surface area contributed by atoms with Gasteiger partial charge in [0.2, 0.25) is 5.95 Å². The van der Waals surface area contributed by atoms with E-state index in [1.54, 1.807) is 0 Å². The highest BCUT2D eigenvalue weighted by Crippen LogP contribution is 2.43. The van der Waals surface area contributed by atoms with Crippen molar-refractivity contribution in [2.45, 2.75) is 6.04 Å². The Morgan fingerprint density at radius 1 is 0.429 bits per heavy atom. The van der Waals surface area contributed by atoms with E-state index in [0.717, 1.165) is 71.7 Å². The predicted octanol–water partition coefficient (Wildman–Crippen LogP) is 11.6. The number of hydrogen-bond donors (Lipinski definition) is 1. The lowest BCUT2D eigenvalue weighted by Crippen LogP contribution is -2.22. The number of hydrogen-bond acceptors (Lipinski definition) is 4. The molecule has 0 amide bonds. The fourth-order valence-corrected chi connectivity index (χ4v) is 8.27. The molecule has 1 aliphatic rings. The standard InChI is InChI=1S/C50H34N6/c1-5-17-33(18-6-1)41-31-37(32-42(51-41)34-19-7-2-8-20-34)55-44-28-16-14-26-40(44)46-45(55)30-29-39-38-25-13-15-27-43(38)56(47(39)46)50-53-48(35-21-9-3-10-22-35)52-49(54-50)36-23-11-4-12-24-36/h1-32,41,51H. The SMILES string of the molecule is C1=C(c2ccccc2)NC(c2ccccc2)C=C1n1c2ccccc2c2c1ccc1c3ccccc3n(-c3nc(-c4ccccc4)nc(-c4ccccc4)n3)c12. The van der Waals surface area contributed by atoms with Gasteiger partial charge in [0, 0.05) is 44.1 Å². The smallest absolute Gasteiger partial charge is 0.238 e. The van der Waals surface area contributed by atoms with Crippen LogP contribution in [0.25, 0.3) is 83.7 Å². The molecular formula is C50H34N6. The highest BCUT2D eigenvalue weighted by atomic mass is 15.2. The molecule has 1 N–H and O–H groups in total. The first-order valence-corrected chi connectivity index (χ1v) is 18.9. The van der Waals surface area contributed by atoms with Crippen molar-refractivity contribution in [3.05, 3.63) is 205 Å². The Hall–Kier alpha value is -7.57. The second-order valence-electron chi connectivity index (χ2n) is 14.1. The maximum absolute atomic E-state index is 5.25. The fraction of sp³-hybridized carbons (Fsp3) is 0.0200. The minimum absolute atomic E-state index is 0.0316. The Bertz CT molecular complexity index is 3090. The highest BCUT2D eigenvalue weighted by molar-refractivity contribution is 6.26. The Labute approximate surface area is 323 Å². The Morgan fingerprint density at radius 3 is 1.61 bits per heavy atom. The summed E-state index contributed by atoms with van der Waals surface area (Å²) in [5.74, 6) is 1.82. The van der Waals surface area contributed by atoms with Gasteiger partial charge in [-0.15, -0.1) is 0 Å². The summed E-state index contributed by atoms with van der Waals surface area (Å²) in [6.07, 6.45) is 4.63. The molecule has 7 aromatic carbocycles. The second-order valence-corrected chi connectivity index (χ2v) is 14.1. The molecule has 0 saturated carbocycles. The Morgan fingerprint density at radius 2 is 0.964 bits per heavy atom. The molecule has 0 aliphatic carbocycles. The number of nitrogens with zero attached hydrogens (tertiary/aromatic N) is 5. The van der Waals surface area contributed by atoms with Crippen molar-refractivity contribution >= 4 is 55.0 Å². The van der Waals surface area contributed by atoms with Gasteiger partial charge in [0.1, 0.15) is 0 Å². The quantitative estimate of drug-likeness (QED) is 0.186. The summed E-state index contributed by atoms with van der Waals surface area (Å²) in [6, 6.07) is 63.4. The van der Waals surface area contributed by atoms with E-state index in [9.17, 15) is 0 Å². The van der Waals surface area contributed by atoms with Gasteiger partial charge in [-0.25, -0.2) is 4.98 Å². The number of dihydropyridines is 1. The van der Waals surface area contributed by atoms with E-state index >= 15 is 0 Å². The number of allylic oxidation sites excluding steroid dienone is 2. The van der Waals surface area contributed by atoms with Crippen LogP contribution in [0.3, 0.4) is 0 Å². The van der Waals surface area contributed by atoms with Crippen LogP contribution in [0, 0.1) is 0 Å². The molecule has 6 heteroatoms. The van der Waals surface area contributed by atoms with E-state index < -0.39 is 0 Å². The zero-order valence-corrected chi connectivity index (χ0v) is 30.3. The van der Waals surface area contributed by atoms with Crippen molar-refractivity contribution in [1.29, 1.82) is 0 Å². The zero-order chi connectivity index (χ0) is 37.0. The molecule has 56 heavy (non-hydrogen) atoms. The molecular weight excluding hydrogens is 685 g/mol. The second kappa shape index (κ2) is 13.1. The van der Waals surface area contributed by atoms with Gasteiger partial charge < -0.3 is 9.88 Å². The van der Waals surface area contributed by atoms with Gasteiger partial charge in [0.15, 0.2) is 11.6 Å². The summed E-state index contributed by atoms with van der Waals surface area (Å²) in [7, 11) is 0. The largest absolute Gasteiger partial charge is 0.374 e. The van der Waals surface area contributed by atoms with Gasteiger partial charge in [-0.1, -0.05) is 164 Å². The van der Waals surface area contributed by atoms with Gasteiger partial charge in [-0.05, 0) is 41.5 Å². The zero-order valence-electron chi connectivity index (χ0n) is 30.3. The third-order valence-corrected chi connectivity index (χ3v) is 10.8. The van der Waals surface area contributed by atoms with E-state index in [4.69, 9.17) is 15.0 Å². The van der Waals surface area contributed by atoms with E-state index in [1.807, 2.05) is 36.4 Å². The van der Waals surface area contributed by atoms with Gasteiger partial charge in [0.05, 0.1) is 28.1 Å². The molecule has 6 nitrogen and oxygen atoms in total. The minimum atomic E-state index is -0.0316. The first-order valence-electron chi connectivity index (χ1n) is 18.9. The lowest BCUT2D eigenvalue weighted by atomic mass is 9.99. The minimum Gasteiger partial charge on any atom is -0.374 e. The third-order valence-electron chi connectivity index (χ3n) is 10.8. The van der Waals surface area contributed by atoms with Crippen molar-refractivity contribution < 1.29 is 0 Å². The van der Waals surface area contributed by atoms with Crippen LogP contribution in [0.4, 0.5) is 0 Å². The molecule has 10 aromatic rings. The molecule has 0 spiro atoms. The molecule has 0 radical (unpaired) electrons. The topological polar surface area (TPSA) is 60.6 Å². The molecule has 11 rings (SSSR count). The summed E-state index contributed by atoms with van der Waals surface area (Å²) < 4.78 is 4.67. The number of fused-ring (bicyclic) bond motifs is 7. The maximum Gasteiger partial charge on any atom is 0.238 e. The summed E-state index contributed by atoms with van der Waals surface area (Å²) >= 11 is 0. The number of aromatic nitrogens is 5. The van der Waals surface area contributed by atoms with Crippen LogP contribution in [-0.2, 0) is 0 Å². The highest BCUT2D eigenvalue weighted by Gasteiger charge is 2.25. The first kappa shape index (κ1) is 31.9. The molecule has 4 heterocycles. The van der Waals surface area contributed by atoms with E-state index in [2.05, 4.69) is 172 Å². The van der Waals surface area contributed by atoms with E-state index in [0.29, 0.717) is 17.6 Å². The average Bonchev–Trinajstić information content (AvgIpc) is 3.80. The first-order chi connectivity index (χ1) is 27.8. The summed E-state index contributed by atoms with van der Waals surface area (Å²) in [6.45, 7) is 0. The normalized spacial score (nSPS) is 14.2. The van der Waals surface area contributed by atoms with E-state index in [-0.39, 0.29) is 6.04 Å². The van der Waals surface area contributed by atoms with Crippen molar-refractivity contribution in [3.63, 3.8) is 0 Å². The van der Waals surface area contributed by atoms with Crippen LogP contribution >= 0.6 is 0 Å². The third kappa shape index (κ3) is 5.22. The average molecular weight is 719 g/mol. The molecule has 0 saturated heterocycles. The summed E-state index contributed by atoms with van der Waals surface area (Å²) in [5.41, 5.74) is 10.7. The Kier molecular flexibility index (Phi) is 7.45. The molecule has 1 unspecified atom stereocenters. The van der Waals surface area contributed by atoms with Gasteiger partial charge in [-0.2, -0.15) is 9.97 Å². The van der Waals surface area contributed by atoms with Gasteiger partial charge >= 0.3 is 0 Å². The van der Waals surface area contributed by atoms with Crippen LogP contribution in [0.2, 0.25) is 0 Å². The summed E-state index contributed by atoms with van der Waals surface area (Å²) in [4.78, 5) is 15.5. The molecule has 0 fully saturated rings. The van der Waals surface area contributed by atoms with Crippen LogP contribution in [0.15, 0.2) is 194 Å². The predicted molar refractivity (Wildman–Crippen MR) is 229 cm³/mol. The van der Waals surface area contributed by atoms with E-state index in [1.165, 1.54) is 5.56 Å². The van der Waals surface area contributed by atoms with Crippen molar-refractivity contribution in [3.8, 4) is 28.7 Å². The van der Waals surface area contributed by atoms with Crippen molar-refractivity contribution in [2.75, 3.05) is 0 Å². The molecule has 0 bridgehead atoms. The number of rotatable bonds is 6. The number of nitrogens with one attached hydrogen (secondary N) is 1. The summed E-state index contributed by atoms with van der Waals surface area (Å²) in [5, 5.41) is 8.41. The molecule has 264 valence electrons. The van der Waals surface area contributed by atoms with Crippen LogP contribution in [-0.4, -0.2) is 24.1 Å². The monoisotopic (exact) mass is 718 g/mol. The van der Waals surface area contributed by atoms with Crippen molar-refractivity contribution in [2.24, 2.45) is 0 Å². The van der Waals surface area contributed by atoms with Crippen LogP contribution < -0.4 is 5.32 Å².